The SMILES string of the molecule is CCC(C(=O)O)N1CC(=O)NC(=O)C1. The Morgan fingerprint density at radius 2 is 2.00 bits per heavy atom. The molecule has 0 bridgehead atoms. The molecule has 2 N–H and O–H groups in total. The minimum Gasteiger partial charge on any atom is -0.480 e. The van der Waals surface area contributed by atoms with Crippen molar-refractivity contribution < 1.29 is 19.5 Å². The second-order valence-electron chi connectivity index (χ2n) is 3.14. The maximum Gasteiger partial charge on any atom is 0.320 e. The first-order chi connectivity index (χ1) is 6.54. The van der Waals surface area contributed by atoms with Crippen LogP contribution in [0.25, 0.3) is 0 Å². The number of rotatable bonds is 3. The van der Waals surface area contributed by atoms with Gasteiger partial charge in [0.1, 0.15) is 6.04 Å². The molecule has 1 fully saturated rings. The van der Waals surface area contributed by atoms with Crippen LogP contribution >= 0.6 is 0 Å². The molecule has 6 heteroatoms. The average molecular weight is 200 g/mol. The minimum atomic E-state index is -1.00. The summed E-state index contributed by atoms with van der Waals surface area (Å²) in [5.74, 6) is -1.89. The van der Waals surface area contributed by atoms with E-state index in [9.17, 15) is 14.4 Å². The third kappa shape index (κ3) is 2.29. The Bertz CT molecular complexity index is 261. The number of carboxylic acids is 1. The zero-order valence-corrected chi connectivity index (χ0v) is 7.82. The van der Waals surface area contributed by atoms with Crippen LogP contribution in [0.4, 0.5) is 0 Å². The zero-order chi connectivity index (χ0) is 10.7. The van der Waals surface area contributed by atoms with Gasteiger partial charge in [-0.05, 0) is 6.42 Å². The van der Waals surface area contributed by atoms with Crippen molar-refractivity contribution in [2.45, 2.75) is 19.4 Å². The predicted molar refractivity (Wildman–Crippen MR) is 46.4 cm³/mol. The number of hydrogen-bond donors (Lipinski definition) is 2. The maximum atomic E-state index is 11.0. The Morgan fingerprint density at radius 1 is 1.50 bits per heavy atom. The third-order valence-corrected chi connectivity index (χ3v) is 2.08. The number of hydrogen-bond acceptors (Lipinski definition) is 4. The lowest BCUT2D eigenvalue weighted by molar-refractivity contribution is -0.147. The first kappa shape index (κ1) is 10.6. The molecule has 14 heavy (non-hydrogen) atoms. The van der Waals surface area contributed by atoms with Gasteiger partial charge in [-0.2, -0.15) is 0 Å². The smallest absolute Gasteiger partial charge is 0.320 e. The van der Waals surface area contributed by atoms with Crippen molar-refractivity contribution in [1.82, 2.24) is 10.2 Å². The van der Waals surface area contributed by atoms with Crippen molar-refractivity contribution in [1.29, 1.82) is 0 Å². The molecule has 1 heterocycles. The second kappa shape index (κ2) is 4.19. The summed E-state index contributed by atoms with van der Waals surface area (Å²) < 4.78 is 0. The van der Waals surface area contributed by atoms with Crippen LogP contribution in [0.1, 0.15) is 13.3 Å². The summed E-state index contributed by atoms with van der Waals surface area (Å²) in [6, 6.07) is -0.759. The number of carbonyl (C=O) groups is 3. The lowest BCUT2D eigenvalue weighted by atomic mass is 10.1. The van der Waals surface area contributed by atoms with E-state index in [-0.39, 0.29) is 13.1 Å². The Hall–Kier alpha value is -1.43. The van der Waals surface area contributed by atoms with E-state index in [1.165, 1.54) is 4.90 Å². The normalized spacial score (nSPS) is 20.4. The van der Waals surface area contributed by atoms with Crippen LogP contribution in [-0.2, 0) is 14.4 Å². The van der Waals surface area contributed by atoms with Crippen molar-refractivity contribution in [3.8, 4) is 0 Å². The molecule has 0 aromatic rings. The fourth-order valence-electron chi connectivity index (χ4n) is 1.47. The largest absolute Gasteiger partial charge is 0.480 e. The highest BCUT2D eigenvalue weighted by Crippen LogP contribution is 2.06. The van der Waals surface area contributed by atoms with Crippen molar-refractivity contribution >= 4 is 17.8 Å². The first-order valence-electron chi connectivity index (χ1n) is 4.34. The zero-order valence-electron chi connectivity index (χ0n) is 7.82. The van der Waals surface area contributed by atoms with Crippen molar-refractivity contribution in [3.63, 3.8) is 0 Å². The molecule has 0 aliphatic carbocycles. The van der Waals surface area contributed by atoms with Gasteiger partial charge in [-0.3, -0.25) is 24.6 Å². The van der Waals surface area contributed by atoms with Gasteiger partial charge in [0.2, 0.25) is 11.8 Å². The standard InChI is InChI=1S/C8H12N2O4/c1-2-5(8(13)14)10-3-6(11)9-7(12)4-10/h5H,2-4H2,1H3,(H,13,14)(H,9,11,12). The van der Waals surface area contributed by atoms with Crippen LogP contribution in [0.5, 0.6) is 0 Å². The fourth-order valence-corrected chi connectivity index (χ4v) is 1.47. The third-order valence-electron chi connectivity index (χ3n) is 2.08. The van der Waals surface area contributed by atoms with E-state index < -0.39 is 23.8 Å². The molecule has 0 spiro atoms. The monoisotopic (exact) mass is 200 g/mol. The molecule has 1 unspecified atom stereocenters. The summed E-state index contributed by atoms with van der Waals surface area (Å²) in [5.41, 5.74) is 0. The molecule has 0 radical (unpaired) electrons. The van der Waals surface area contributed by atoms with Crippen molar-refractivity contribution in [2.24, 2.45) is 0 Å². The Balaban J connectivity index is 2.70. The Labute approximate surface area is 80.9 Å². The van der Waals surface area contributed by atoms with Crippen LogP contribution < -0.4 is 5.32 Å². The first-order valence-corrected chi connectivity index (χ1v) is 4.34. The van der Waals surface area contributed by atoms with Gasteiger partial charge in [-0.25, -0.2) is 0 Å². The number of nitrogens with one attached hydrogen (secondary N) is 1. The molecule has 1 atom stereocenters. The van der Waals surface area contributed by atoms with Gasteiger partial charge in [0, 0.05) is 0 Å². The second-order valence-corrected chi connectivity index (χ2v) is 3.14. The molecular weight excluding hydrogens is 188 g/mol. The molecule has 6 nitrogen and oxygen atoms in total. The number of carbonyl (C=O) groups excluding carboxylic acids is 2. The van der Waals surface area contributed by atoms with E-state index in [2.05, 4.69) is 5.32 Å². The maximum absolute atomic E-state index is 11.0. The number of carboxylic acid groups (broad SMARTS) is 1. The summed E-state index contributed by atoms with van der Waals surface area (Å²) >= 11 is 0. The van der Waals surface area contributed by atoms with Gasteiger partial charge in [0.25, 0.3) is 0 Å². The summed E-state index contributed by atoms with van der Waals surface area (Å²) in [4.78, 5) is 34.0. The number of imide groups is 1. The lowest BCUT2D eigenvalue weighted by Gasteiger charge is -2.29. The molecule has 0 saturated carbocycles. The quantitative estimate of drug-likeness (QED) is 0.559. The van der Waals surface area contributed by atoms with Gasteiger partial charge >= 0.3 is 5.97 Å². The number of aliphatic carboxylic acids is 1. The highest BCUT2D eigenvalue weighted by molar-refractivity contribution is 5.99. The van der Waals surface area contributed by atoms with Gasteiger partial charge in [0.05, 0.1) is 13.1 Å². The van der Waals surface area contributed by atoms with Gasteiger partial charge in [-0.15, -0.1) is 0 Å². The van der Waals surface area contributed by atoms with Crippen molar-refractivity contribution in [3.05, 3.63) is 0 Å². The van der Waals surface area contributed by atoms with Crippen LogP contribution in [0, 0.1) is 0 Å². The highest BCUT2D eigenvalue weighted by Gasteiger charge is 2.31. The van der Waals surface area contributed by atoms with Gasteiger partial charge < -0.3 is 5.11 Å². The van der Waals surface area contributed by atoms with E-state index in [1.807, 2.05) is 0 Å². The summed E-state index contributed by atoms with van der Waals surface area (Å²) in [6.45, 7) is 1.64. The Kier molecular flexibility index (Phi) is 3.19. The van der Waals surface area contributed by atoms with Crippen LogP contribution in [0.3, 0.4) is 0 Å². The average Bonchev–Trinajstić information content (AvgIpc) is 2.02. The molecule has 1 aliphatic rings. The van der Waals surface area contributed by atoms with E-state index >= 15 is 0 Å². The number of nitrogens with zero attached hydrogens (tertiary/aromatic N) is 1. The van der Waals surface area contributed by atoms with Crippen LogP contribution in [0.15, 0.2) is 0 Å². The molecule has 0 aromatic heterocycles. The van der Waals surface area contributed by atoms with E-state index in [4.69, 9.17) is 5.11 Å². The number of piperazine rings is 1. The fraction of sp³-hybridized carbons (Fsp3) is 0.625. The highest BCUT2D eigenvalue weighted by atomic mass is 16.4. The van der Waals surface area contributed by atoms with E-state index in [0.717, 1.165) is 0 Å². The number of amides is 2. The topological polar surface area (TPSA) is 86.7 Å². The molecule has 1 rings (SSSR count). The molecule has 2 amide bonds. The summed E-state index contributed by atoms with van der Waals surface area (Å²) in [5, 5.41) is 10.9. The van der Waals surface area contributed by atoms with Crippen molar-refractivity contribution in [2.75, 3.05) is 13.1 Å². The molecule has 1 aliphatic heterocycles. The summed E-state index contributed by atoms with van der Waals surface area (Å²) in [7, 11) is 0. The molecular formula is C8H12N2O4. The summed E-state index contributed by atoms with van der Waals surface area (Å²) in [6.07, 6.45) is 0.371. The molecule has 1 saturated heterocycles. The molecule has 78 valence electrons. The van der Waals surface area contributed by atoms with Crippen LogP contribution in [0.2, 0.25) is 0 Å². The molecule has 0 aromatic carbocycles. The van der Waals surface area contributed by atoms with Gasteiger partial charge in [-0.1, -0.05) is 6.92 Å². The van der Waals surface area contributed by atoms with Gasteiger partial charge in [0.15, 0.2) is 0 Å². The predicted octanol–water partition coefficient (Wildman–Crippen LogP) is -1.19. The Morgan fingerprint density at radius 3 is 2.36 bits per heavy atom. The lowest BCUT2D eigenvalue weighted by Crippen LogP contribution is -2.56. The van der Waals surface area contributed by atoms with E-state index in [0.29, 0.717) is 6.42 Å². The minimum absolute atomic E-state index is 0.0312. The van der Waals surface area contributed by atoms with Crippen LogP contribution in [-0.4, -0.2) is 46.9 Å². The van der Waals surface area contributed by atoms with E-state index in [1.54, 1.807) is 6.92 Å².